The van der Waals surface area contributed by atoms with Gasteiger partial charge in [0.05, 0.1) is 12.2 Å². The Labute approximate surface area is 162 Å². The van der Waals surface area contributed by atoms with Crippen molar-refractivity contribution in [2.75, 3.05) is 6.54 Å². The predicted molar refractivity (Wildman–Crippen MR) is 105 cm³/mol. The van der Waals surface area contributed by atoms with Crippen molar-refractivity contribution in [3.63, 3.8) is 0 Å². The lowest BCUT2D eigenvalue weighted by molar-refractivity contribution is -0.146. The van der Waals surface area contributed by atoms with Gasteiger partial charge in [-0.2, -0.15) is 0 Å². The maximum Gasteiger partial charge on any atom is 0.310 e. The van der Waals surface area contributed by atoms with Gasteiger partial charge >= 0.3 is 5.97 Å². The van der Waals surface area contributed by atoms with E-state index in [1.807, 2.05) is 12.1 Å². The van der Waals surface area contributed by atoms with Crippen molar-refractivity contribution in [3.05, 3.63) is 36.3 Å². The number of ether oxygens (including phenoxy) is 1. The second-order valence-electron chi connectivity index (χ2n) is 9.33. The van der Waals surface area contributed by atoms with Crippen molar-refractivity contribution in [2.45, 2.75) is 70.9 Å². The van der Waals surface area contributed by atoms with Gasteiger partial charge in [0, 0.05) is 24.9 Å². The first kappa shape index (κ1) is 18.8. The van der Waals surface area contributed by atoms with Gasteiger partial charge in [0.1, 0.15) is 11.9 Å². The van der Waals surface area contributed by atoms with E-state index in [1.54, 1.807) is 6.26 Å². The van der Waals surface area contributed by atoms with E-state index in [-0.39, 0.29) is 23.4 Å². The molecule has 0 spiro atoms. The number of fused-ring (bicyclic) bond motifs is 2. The maximum atomic E-state index is 12.6. The van der Waals surface area contributed by atoms with E-state index in [9.17, 15) is 4.79 Å². The lowest BCUT2D eigenvalue weighted by atomic mass is 9.55. The zero-order valence-corrected chi connectivity index (χ0v) is 16.7. The third-order valence-corrected chi connectivity index (χ3v) is 7.41. The summed E-state index contributed by atoms with van der Waals surface area (Å²) in [5.41, 5.74) is 1.68. The molecule has 1 saturated heterocycles. The van der Waals surface area contributed by atoms with E-state index in [2.05, 4.69) is 25.7 Å². The van der Waals surface area contributed by atoms with Crippen molar-refractivity contribution < 1.29 is 13.9 Å². The Morgan fingerprint density at radius 3 is 3.07 bits per heavy atom. The van der Waals surface area contributed by atoms with Gasteiger partial charge in [-0.1, -0.05) is 19.1 Å². The normalized spacial score (nSPS) is 36.8. The molecule has 0 aromatic carbocycles. The molecule has 1 aromatic rings. The highest BCUT2D eigenvalue weighted by molar-refractivity contribution is 5.75. The average Bonchev–Trinajstić information content (AvgIpc) is 3.23. The predicted octanol–water partition coefficient (Wildman–Crippen LogP) is 4.50. The molecule has 6 atom stereocenters. The van der Waals surface area contributed by atoms with E-state index in [0.717, 1.165) is 44.4 Å². The molecule has 2 aliphatic carbocycles. The van der Waals surface area contributed by atoms with Crippen molar-refractivity contribution in [1.82, 2.24) is 5.32 Å². The van der Waals surface area contributed by atoms with Crippen LogP contribution in [0.25, 0.3) is 0 Å². The Morgan fingerprint density at radius 2 is 2.30 bits per heavy atom. The van der Waals surface area contributed by atoms with Gasteiger partial charge in [-0.05, 0) is 68.9 Å². The second kappa shape index (κ2) is 7.46. The summed E-state index contributed by atoms with van der Waals surface area (Å²) in [6.07, 6.45) is 9.45. The van der Waals surface area contributed by atoms with E-state index in [1.165, 1.54) is 18.4 Å². The molecule has 4 rings (SSSR count). The number of furan rings is 1. The molecule has 148 valence electrons. The van der Waals surface area contributed by atoms with Crippen LogP contribution in [-0.2, 0) is 16.0 Å². The number of allylic oxidation sites excluding steroid dienone is 1. The van der Waals surface area contributed by atoms with Crippen molar-refractivity contribution in [3.8, 4) is 0 Å². The number of hydrogen-bond acceptors (Lipinski definition) is 4. The van der Waals surface area contributed by atoms with E-state index in [0.29, 0.717) is 17.9 Å². The first-order valence-electron chi connectivity index (χ1n) is 10.6. The van der Waals surface area contributed by atoms with Gasteiger partial charge in [-0.3, -0.25) is 4.79 Å². The van der Waals surface area contributed by atoms with Crippen LogP contribution in [0.5, 0.6) is 0 Å². The third-order valence-electron chi connectivity index (χ3n) is 7.41. The molecule has 1 aromatic heterocycles. The highest BCUT2D eigenvalue weighted by Gasteiger charge is 2.54. The van der Waals surface area contributed by atoms with Crippen LogP contribution in [0.3, 0.4) is 0 Å². The lowest BCUT2D eigenvalue weighted by Gasteiger charge is -2.50. The van der Waals surface area contributed by atoms with Crippen LogP contribution in [0.1, 0.15) is 58.1 Å². The van der Waals surface area contributed by atoms with Gasteiger partial charge < -0.3 is 14.5 Å². The van der Waals surface area contributed by atoms with Crippen LogP contribution in [0.15, 0.2) is 35.0 Å². The van der Waals surface area contributed by atoms with Crippen molar-refractivity contribution in [1.29, 1.82) is 0 Å². The molecule has 4 heteroatoms. The Balaban J connectivity index is 1.34. The molecule has 0 bridgehead atoms. The van der Waals surface area contributed by atoms with Crippen LogP contribution < -0.4 is 5.32 Å². The first-order chi connectivity index (χ1) is 13.0. The number of esters is 1. The second-order valence-corrected chi connectivity index (χ2v) is 9.33. The number of rotatable bonds is 6. The highest BCUT2D eigenvalue weighted by Crippen LogP contribution is 2.56. The number of hydrogen-bond donors (Lipinski definition) is 1. The molecule has 3 aliphatic rings. The quantitative estimate of drug-likeness (QED) is 0.591. The summed E-state index contributed by atoms with van der Waals surface area (Å²) >= 11 is 0. The molecule has 0 amide bonds. The summed E-state index contributed by atoms with van der Waals surface area (Å²) in [5.74, 6) is 1.91. The summed E-state index contributed by atoms with van der Waals surface area (Å²) < 4.78 is 11.3. The largest absolute Gasteiger partial charge is 0.469 e. The molecule has 0 unspecified atom stereocenters. The number of carbonyl (C=O) groups excluding carboxylic acids is 1. The molecular formula is C23H33NO3. The molecule has 27 heavy (non-hydrogen) atoms. The standard InChI is InChI=1S/C23H33NO3/c1-15-6-4-10-23(3)13-21-18(12-20(15)23)19(22(25)27-21)14-24-16(2)8-9-17-7-5-11-26-17/h5,7,11,16,18-21,24H,1,4,6,8-10,12-14H2,2-3H3/t16-,18-,19-,20+,21+,23-/m1/s1. The summed E-state index contributed by atoms with van der Waals surface area (Å²) in [6.45, 7) is 9.66. The zero-order chi connectivity index (χ0) is 19.0. The Hall–Kier alpha value is -1.55. The number of aryl methyl sites for hydroxylation is 1. The number of nitrogens with one attached hydrogen (secondary N) is 1. The van der Waals surface area contributed by atoms with E-state index >= 15 is 0 Å². The van der Waals surface area contributed by atoms with Gasteiger partial charge in [-0.15, -0.1) is 0 Å². The SMILES string of the molecule is C=C1CCC[C@]2(C)C[C@@H]3OC(=O)[C@H](CN[C@H](C)CCc4ccco4)[C@H]3C[C@@H]12. The summed E-state index contributed by atoms with van der Waals surface area (Å²) in [6, 6.07) is 4.29. The fourth-order valence-electron chi connectivity index (χ4n) is 5.73. The monoisotopic (exact) mass is 371 g/mol. The maximum absolute atomic E-state index is 12.6. The average molecular weight is 372 g/mol. The van der Waals surface area contributed by atoms with Crippen LogP contribution in [-0.4, -0.2) is 24.7 Å². The molecular weight excluding hydrogens is 338 g/mol. The molecule has 3 fully saturated rings. The molecule has 2 saturated carbocycles. The van der Waals surface area contributed by atoms with Gasteiger partial charge in [-0.25, -0.2) is 0 Å². The van der Waals surface area contributed by atoms with Crippen molar-refractivity contribution in [2.24, 2.45) is 23.2 Å². The summed E-state index contributed by atoms with van der Waals surface area (Å²) in [5, 5.41) is 3.58. The minimum Gasteiger partial charge on any atom is -0.469 e. The molecule has 1 N–H and O–H groups in total. The van der Waals surface area contributed by atoms with Gasteiger partial charge in [0.15, 0.2) is 0 Å². The van der Waals surface area contributed by atoms with Crippen LogP contribution in [0, 0.1) is 23.2 Å². The summed E-state index contributed by atoms with van der Waals surface area (Å²) in [7, 11) is 0. The first-order valence-corrected chi connectivity index (χ1v) is 10.6. The van der Waals surface area contributed by atoms with Crippen molar-refractivity contribution >= 4 is 5.97 Å². The van der Waals surface area contributed by atoms with Crippen LogP contribution in [0.2, 0.25) is 0 Å². The molecule has 0 radical (unpaired) electrons. The Morgan fingerprint density at radius 1 is 1.44 bits per heavy atom. The van der Waals surface area contributed by atoms with E-state index in [4.69, 9.17) is 9.15 Å². The minimum atomic E-state index is -0.0136. The minimum absolute atomic E-state index is 0.00333. The molecule has 4 nitrogen and oxygen atoms in total. The van der Waals surface area contributed by atoms with Gasteiger partial charge in [0.25, 0.3) is 0 Å². The van der Waals surface area contributed by atoms with E-state index < -0.39 is 0 Å². The van der Waals surface area contributed by atoms with Crippen LogP contribution in [0.4, 0.5) is 0 Å². The zero-order valence-electron chi connectivity index (χ0n) is 16.7. The summed E-state index contributed by atoms with van der Waals surface area (Å²) in [4.78, 5) is 12.6. The fourth-order valence-corrected chi connectivity index (χ4v) is 5.73. The molecule has 1 aliphatic heterocycles. The Bertz CT molecular complexity index is 682. The number of carbonyl (C=O) groups is 1. The third kappa shape index (κ3) is 3.73. The lowest BCUT2D eigenvalue weighted by Crippen LogP contribution is -2.45. The Kier molecular flexibility index (Phi) is 5.19. The highest BCUT2D eigenvalue weighted by atomic mass is 16.6. The topological polar surface area (TPSA) is 51.5 Å². The van der Waals surface area contributed by atoms with Gasteiger partial charge in [0.2, 0.25) is 0 Å². The fraction of sp³-hybridized carbons (Fsp3) is 0.696. The smallest absolute Gasteiger partial charge is 0.310 e. The van der Waals surface area contributed by atoms with Crippen LogP contribution >= 0.6 is 0 Å². The molecule has 2 heterocycles.